The van der Waals surface area contributed by atoms with E-state index in [9.17, 15) is 20.2 Å². The molecule has 0 unspecified atom stereocenters. The summed E-state index contributed by atoms with van der Waals surface area (Å²) in [7, 11) is 0. The summed E-state index contributed by atoms with van der Waals surface area (Å²) in [6.45, 7) is 1.80. The van der Waals surface area contributed by atoms with Gasteiger partial charge in [-0.25, -0.2) is 0 Å². The van der Waals surface area contributed by atoms with Gasteiger partial charge in [0.2, 0.25) is 0 Å². The monoisotopic (exact) mass is 321 g/mol. The van der Waals surface area contributed by atoms with Crippen molar-refractivity contribution in [2.45, 2.75) is 13.0 Å². The van der Waals surface area contributed by atoms with Crippen LogP contribution >= 0.6 is 0 Å². The molecule has 2 aromatic rings. The quantitative estimate of drug-likeness (QED) is 0.395. The zero-order chi connectivity index (χ0) is 17.5. The number of nitro groups is 1. The van der Waals surface area contributed by atoms with Gasteiger partial charge >= 0.3 is 0 Å². The molecule has 1 atom stereocenters. The minimum Gasteiger partial charge on any atom is -0.345 e. The van der Waals surface area contributed by atoms with E-state index in [-0.39, 0.29) is 22.9 Å². The van der Waals surface area contributed by atoms with Gasteiger partial charge < -0.3 is 5.32 Å². The normalized spacial score (nSPS) is 12.1. The van der Waals surface area contributed by atoms with E-state index in [1.165, 1.54) is 24.3 Å². The smallest absolute Gasteiger partial charge is 0.276 e. The van der Waals surface area contributed by atoms with Gasteiger partial charge in [-0.2, -0.15) is 5.26 Å². The topological polar surface area (TPSA) is 96.0 Å². The lowest BCUT2D eigenvalue weighted by Crippen LogP contribution is -2.27. The third-order valence-electron chi connectivity index (χ3n) is 3.45. The van der Waals surface area contributed by atoms with Gasteiger partial charge in [0, 0.05) is 6.07 Å². The molecule has 0 spiro atoms. The van der Waals surface area contributed by atoms with Gasteiger partial charge in [0.15, 0.2) is 0 Å². The Hall–Kier alpha value is -3.46. The van der Waals surface area contributed by atoms with Gasteiger partial charge in [0.1, 0.15) is 11.6 Å². The number of hydrogen-bond acceptors (Lipinski definition) is 4. The Morgan fingerprint density at radius 3 is 2.46 bits per heavy atom. The van der Waals surface area contributed by atoms with Crippen molar-refractivity contribution in [2.75, 3.05) is 0 Å². The van der Waals surface area contributed by atoms with E-state index in [4.69, 9.17) is 0 Å². The van der Waals surface area contributed by atoms with E-state index in [2.05, 4.69) is 5.32 Å². The fraction of sp³-hybridized carbons (Fsp3) is 0.111. The molecule has 1 N–H and O–H groups in total. The summed E-state index contributed by atoms with van der Waals surface area (Å²) in [6, 6.07) is 16.8. The Labute approximate surface area is 139 Å². The number of carbonyl (C=O) groups is 1. The molecule has 0 aromatic heterocycles. The summed E-state index contributed by atoms with van der Waals surface area (Å²) in [6.07, 6.45) is 1.23. The summed E-state index contributed by atoms with van der Waals surface area (Å²) >= 11 is 0. The van der Waals surface area contributed by atoms with Crippen molar-refractivity contribution in [1.29, 1.82) is 5.26 Å². The summed E-state index contributed by atoms with van der Waals surface area (Å²) in [5.74, 6) is -0.577. The van der Waals surface area contributed by atoms with Gasteiger partial charge in [0.25, 0.3) is 11.6 Å². The molecule has 0 radical (unpaired) electrons. The van der Waals surface area contributed by atoms with Crippen LogP contribution in [-0.2, 0) is 4.79 Å². The van der Waals surface area contributed by atoms with Crippen molar-refractivity contribution < 1.29 is 9.72 Å². The molecule has 2 aromatic carbocycles. The molecule has 0 saturated carbocycles. The maximum absolute atomic E-state index is 12.3. The molecule has 0 saturated heterocycles. The molecule has 0 aliphatic heterocycles. The number of hydrogen-bond donors (Lipinski definition) is 1. The van der Waals surface area contributed by atoms with Crippen LogP contribution in [-0.4, -0.2) is 10.8 Å². The summed E-state index contributed by atoms with van der Waals surface area (Å²) in [5.41, 5.74) is 0.761. The molecule has 2 rings (SSSR count). The van der Waals surface area contributed by atoms with Gasteiger partial charge in [-0.3, -0.25) is 14.9 Å². The molecular weight excluding hydrogens is 306 g/mol. The fourth-order valence-electron chi connectivity index (χ4n) is 2.18. The first-order chi connectivity index (χ1) is 11.5. The number of para-hydroxylation sites is 1. The summed E-state index contributed by atoms with van der Waals surface area (Å²) in [5, 5.41) is 23.0. The molecule has 24 heavy (non-hydrogen) atoms. The number of nitriles is 1. The molecule has 120 valence electrons. The number of nitrogens with zero attached hydrogens (tertiary/aromatic N) is 2. The fourth-order valence-corrected chi connectivity index (χ4v) is 2.18. The van der Waals surface area contributed by atoms with E-state index in [1.54, 1.807) is 19.1 Å². The van der Waals surface area contributed by atoms with Crippen LogP contribution in [0.2, 0.25) is 0 Å². The lowest BCUT2D eigenvalue weighted by Gasteiger charge is -2.13. The van der Waals surface area contributed by atoms with E-state index < -0.39 is 10.8 Å². The molecular formula is C18H15N3O3. The average molecular weight is 321 g/mol. The molecule has 1 amide bonds. The second-order valence-electron chi connectivity index (χ2n) is 5.09. The van der Waals surface area contributed by atoms with Gasteiger partial charge in [-0.1, -0.05) is 42.5 Å². The minimum atomic E-state index is -0.577. The molecule has 0 bridgehead atoms. The van der Waals surface area contributed by atoms with Crippen LogP contribution in [0.3, 0.4) is 0 Å². The van der Waals surface area contributed by atoms with Crippen LogP contribution < -0.4 is 5.32 Å². The molecule has 6 nitrogen and oxygen atoms in total. The van der Waals surface area contributed by atoms with E-state index >= 15 is 0 Å². The second kappa shape index (κ2) is 7.70. The number of carbonyl (C=O) groups excluding carboxylic acids is 1. The Morgan fingerprint density at radius 2 is 1.83 bits per heavy atom. The van der Waals surface area contributed by atoms with Gasteiger partial charge in [-0.05, 0) is 24.6 Å². The number of benzene rings is 2. The summed E-state index contributed by atoms with van der Waals surface area (Å²) < 4.78 is 0. The van der Waals surface area contributed by atoms with E-state index in [1.807, 2.05) is 30.3 Å². The highest BCUT2D eigenvalue weighted by molar-refractivity contribution is 6.02. The Morgan fingerprint density at radius 1 is 1.21 bits per heavy atom. The van der Waals surface area contributed by atoms with Crippen molar-refractivity contribution in [3.05, 3.63) is 81.4 Å². The molecule has 6 heteroatoms. The third-order valence-corrected chi connectivity index (χ3v) is 3.45. The highest BCUT2D eigenvalue weighted by atomic mass is 16.6. The highest BCUT2D eigenvalue weighted by Gasteiger charge is 2.16. The molecule has 0 aliphatic rings. The van der Waals surface area contributed by atoms with Crippen molar-refractivity contribution >= 4 is 17.7 Å². The van der Waals surface area contributed by atoms with Crippen molar-refractivity contribution in [3.8, 4) is 6.07 Å². The maximum Gasteiger partial charge on any atom is 0.276 e. The standard InChI is InChI=1S/C18H15N3O3/c1-13(14-7-3-2-4-8-14)20-18(22)16(12-19)11-15-9-5-6-10-17(15)21(23)24/h2-11,13H,1H3,(H,20,22)/b16-11-/t13-/m1/s1. The SMILES string of the molecule is C[C@@H](NC(=O)/C(C#N)=C\c1ccccc1[N+](=O)[O-])c1ccccc1. The Bertz CT molecular complexity index is 823. The van der Waals surface area contributed by atoms with Crippen LogP contribution in [0.5, 0.6) is 0 Å². The Kier molecular flexibility index (Phi) is 5.42. The predicted molar refractivity (Wildman–Crippen MR) is 89.7 cm³/mol. The first-order valence-corrected chi connectivity index (χ1v) is 7.24. The zero-order valence-corrected chi connectivity index (χ0v) is 13.0. The Balaban J connectivity index is 2.24. The average Bonchev–Trinajstić information content (AvgIpc) is 2.60. The van der Waals surface area contributed by atoms with Crippen LogP contribution in [0, 0.1) is 21.4 Å². The van der Waals surface area contributed by atoms with Crippen molar-refractivity contribution in [3.63, 3.8) is 0 Å². The van der Waals surface area contributed by atoms with Gasteiger partial charge in [0.05, 0.1) is 16.5 Å². The van der Waals surface area contributed by atoms with Crippen LogP contribution in [0.25, 0.3) is 6.08 Å². The first kappa shape index (κ1) is 16.9. The largest absolute Gasteiger partial charge is 0.345 e. The number of rotatable bonds is 5. The minimum absolute atomic E-state index is 0.158. The maximum atomic E-state index is 12.3. The predicted octanol–water partition coefficient (Wildman–Crippen LogP) is 3.38. The van der Waals surface area contributed by atoms with Gasteiger partial charge in [-0.15, -0.1) is 0 Å². The summed E-state index contributed by atoms with van der Waals surface area (Å²) in [4.78, 5) is 22.7. The van der Waals surface area contributed by atoms with Crippen LogP contribution in [0.1, 0.15) is 24.1 Å². The van der Waals surface area contributed by atoms with Crippen LogP contribution in [0.4, 0.5) is 5.69 Å². The molecule has 0 fully saturated rings. The lowest BCUT2D eigenvalue weighted by atomic mass is 10.1. The molecule has 0 heterocycles. The van der Waals surface area contributed by atoms with E-state index in [0.717, 1.165) is 5.56 Å². The number of nitrogens with one attached hydrogen (secondary N) is 1. The zero-order valence-electron chi connectivity index (χ0n) is 13.0. The van der Waals surface area contributed by atoms with Crippen LogP contribution in [0.15, 0.2) is 60.2 Å². The van der Waals surface area contributed by atoms with E-state index in [0.29, 0.717) is 0 Å². The number of amides is 1. The lowest BCUT2D eigenvalue weighted by molar-refractivity contribution is -0.385. The molecule has 0 aliphatic carbocycles. The van der Waals surface area contributed by atoms with Crippen molar-refractivity contribution in [2.24, 2.45) is 0 Å². The second-order valence-corrected chi connectivity index (χ2v) is 5.09. The third kappa shape index (κ3) is 4.05. The van der Waals surface area contributed by atoms with Crippen molar-refractivity contribution in [1.82, 2.24) is 5.32 Å². The first-order valence-electron chi connectivity index (χ1n) is 7.24. The highest BCUT2D eigenvalue weighted by Crippen LogP contribution is 2.21. The number of nitro benzene ring substituents is 1.